The molecular weight excluding hydrogens is 374 g/mol. The van der Waals surface area contributed by atoms with E-state index in [4.69, 9.17) is 13.9 Å². The first kappa shape index (κ1) is 20.9. The van der Waals surface area contributed by atoms with Crippen LogP contribution in [0.5, 0.6) is 5.75 Å². The van der Waals surface area contributed by atoms with Crippen LogP contribution in [0.15, 0.2) is 33.5 Å². The highest BCUT2D eigenvalue weighted by molar-refractivity contribution is 5.82. The maximum Gasteiger partial charge on any atom is 0.344 e. The van der Waals surface area contributed by atoms with Crippen molar-refractivity contribution >= 4 is 22.8 Å². The van der Waals surface area contributed by atoms with Crippen LogP contribution >= 0.6 is 0 Å². The third kappa shape index (κ3) is 6.34. The Morgan fingerprint density at radius 1 is 1.07 bits per heavy atom. The Morgan fingerprint density at radius 3 is 2.55 bits per heavy atom. The molecule has 1 aromatic carbocycles. The van der Waals surface area contributed by atoms with Crippen LogP contribution in [0, 0.1) is 6.92 Å². The van der Waals surface area contributed by atoms with E-state index >= 15 is 0 Å². The van der Waals surface area contributed by atoms with Gasteiger partial charge in [0.05, 0.1) is 0 Å². The number of amides is 1. The smallest absolute Gasteiger partial charge is 0.344 e. The number of esters is 1. The van der Waals surface area contributed by atoms with Crippen molar-refractivity contribution in [1.82, 2.24) is 5.32 Å². The maximum absolute atomic E-state index is 12.0. The summed E-state index contributed by atoms with van der Waals surface area (Å²) in [6.45, 7) is 1.17. The van der Waals surface area contributed by atoms with Gasteiger partial charge in [-0.1, -0.05) is 32.1 Å². The molecule has 1 aliphatic rings. The molecule has 0 bridgehead atoms. The molecular formula is C22H27NO6. The largest absolute Gasteiger partial charge is 0.482 e. The monoisotopic (exact) mass is 401 g/mol. The van der Waals surface area contributed by atoms with Gasteiger partial charge in [0.1, 0.15) is 11.3 Å². The minimum Gasteiger partial charge on any atom is -0.482 e. The molecule has 1 fully saturated rings. The Balaban J connectivity index is 1.44. The van der Waals surface area contributed by atoms with Gasteiger partial charge in [-0.2, -0.15) is 0 Å². The molecule has 1 saturated carbocycles. The average Bonchev–Trinajstić information content (AvgIpc) is 2.66. The van der Waals surface area contributed by atoms with E-state index in [9.17, 15) is 14.4 Å². The van der Waals surface area contributed by atoms with E-state index < -0.39 is 11.6 Å². The Morgan fingerprint density at radius 2 is 1.79 bits per heavy atom. The van der Waals surface area contributed by atoms with Crippen molar-refractivity contribution < 1.29 is 23.5 Å². The predicted molar refractivity (Wildman–Crippen MR) is 108 cm³/mol. The Bertz CT molecular complexity index is 911. The third-order valence-electron chi connectivity index (χ3n) is 5.11. The van der Waals surface area contributed by atoms with Gasteiger partial charge < -0.3 is 19.2 Å². The highest BCUT2D eigenvalue weighted by Gasteiger charge is 2.15. The zero-order valence-electron chi connectivity index (χ0n) is 16.7. The topological polar surface area (TPSA) is 94.8 Å². The van der Waals surface area contributed by atoms with Crippen molar-refractivity contribution in [2.45, 2.75) is 57.9 Å². The minimum atomic E-state index is -0.636. The number of carbonyl (C=O) groups is 2. The maximum atomic E-state index is 12.0. The second kappa shape index (κ2) is 10.1. The summed E-state index contributed by atoms with van der Waals surface area (Å²) >= 11 is 0. The molecule has 1 aromatic heterocycles. The van der Waals surface area contributed by atoms with Gasteiger partial charge in [-0.3, -0.25) is 4.79 Å². The zero-order valence-corrected chi connectivity index (χ0v) is 16.7. The second-order valence-electron chi connectivity index (χ2n) is 7.47. The van der Waals surface area contributed by atoms with Crippen LogP contribution in [-0.2, 0) is 14.3 Å². The molecule has 3 rings (SSSR count). The predicted octanol–water partition coefficient (Wildman–Crippen LogP) is 3.25. The zero-order chi connectivity index (χ0) is 20.6. The summed E-state index contributed by atoms with van der Waals surface area (Å²) in [5.74, 6) is -0.544. The fourth-order valence-electron chi connectivity index (χ4n) is 3.59. The molecule has 0 saturated heterocycles. The number of hydrogen-bond donors (Lipinski definition) is 1. The summed E-state index contributed by atoms with van der Waals surface area (Å²) in [6, 6.07) is 6.58. The standard InChI is InChI=1S/C22H27NO6/c1-15-11-21(25)29-19-12-17(9-10-18(15)19)27-14-22(26)28-13-20(24)23-16-7-5-3-2-4-6-8-16/h9-12,16H,2-8,13-14H2,1H3,(H,23,24). The van der Waals surface area contributed by atoms with Gasteiger partial charge in [0.2, 0.25) is 0 Å². The minimum absolute atomic E-state index is 0.161. The first-order valence-corrected chi connectivity index (χ1v) is 10.1. The number of carbonyl (C=O) groups excluding carboxylic acids is 2. The SMILES string of the molecule is Cc1cc(=O)oc2cc(OCC(=O)OCC(=O)NC3CCCCCCC3)ccc12. The number of benzene rings is 1. The van der Waals surface area contributed by atoms with Gasteiger partial charge in [-0.25, -0.2) is 9.59 Å². The molecule has 2 aromatic rings. The van der Waals surface area contributed by atoms with Crippen molar-refractivity contribution in [2.75, 3.05) is 13.2 Å². The van der Waals surface area contributed by atoms with Crippen LogP contribution in [0.1, 0.15) is 50.5 Å². The van der Waals surface area contributed by atoms with Crippen LogP contribution in [0.3, 0.4) is 0 Å². The van der Waals surface area contributed by atoms with Crippen LogP contribution in [0.4, 0.5) is 0 Å². The van der Waals surface area contributed by atoms with Crippen LogP contribution in [0.2, 0.25) is 0 Å². The average molecular weight is 401 g/mol. The molecule has 0 radical (unpaired) electrons. The second-order valence-corrected chi connectivity index (χ2v) is 7.47. The number of ether oxygens (including phenoxy) is 2. The lowest BCUT2D eigenvalue weighted by atomic mass is 9.97. The molecule has 7 heteroatoms. The van der Waals surface area contributed by atoms with Crippen molar-refractivity contribution in [1.29, 1.82) is 0 Å². The van der Waals surface area contributed by atoms with E-state index in [-0.39, 0.29) is 25.2 Å². The lowest BCUT2D eigenvalue weighted by Crippen LogP contribution is -2.38. The van der Waals surface area contributed by atoms with Gasteiger partial charge in [0.25, 0.3) is 5.91 Å². The van der Waals surface area contributed by atoms with E-state index in [1.165, 1.54) is 25.3 Å². The Labute approximate surface area is 169 Å². The molecule has 7 nitrogen and oxygen atoms in total. The summed E-state index contributed by atoms with van der Waals surface area (Å²) < 4.78 is 15.6. The van der Waals surface area contributed by atoms with E-state index in [2.05, 4.69) is 5.32 Å². The van der Waals surface area contributed by atoms with Crippen molar-refractivity contribution in [2.24, 2.45) is 0 Å². The molecule has 1 amide bonds. The van der Waals surface area contributed by atoms with Gasteiger partial charge >= 0.3 is 11.6 Å². The normalized spacial score (nSPS) is 15.3. The summed E-state index contributed by atoms with van der Waals surface area (Å²) in [7, 11) is 0. The summed E-state index contributed by atoms with van der Waals surface area (Å²) in [5.41, 5.74) is 0.749. The molecule has 0 atom stereocenters. The van der Waals surface area contributed by atoms with Crippen LogP contribution in [0.25, 0.3) is 11.0 Å². The van der Waals surface area contributed by atoms with Gasteiger partial charge in [-0.05, 0) is 37.5 Å². The molecule has 0 unspecified atom stereocenters. The van der Waals surface area contributed by atoms with Gasteiger partial charge in [0, 0.05) is 23.6 Å². The van der Waals surface area contributed by atoms with Crippen LogP contribution in [-0.4, -0.2) is 31.1 Å². The summed E-state index contributed by atoms with van der Waals surface area (Å²) in [4.78, 5) is 35.4. The molecule has 1 aliphatic carbocycles. The number of rotatable bonds is 6. The molecule has 0 spiro atoms. The highest BCUT2D eigenvalue weighted by atomic mass is 16.6. The van der Waals surface area contributed by atoms with E-state index in [1.807, 2.05) is 6.92 Å². The van der Waals surface area contributed by atoms with Crippen molar-refractivity contribution in [3.63, 3.8) is 0 Å². The number of hydrogen-bond acceptors (Lipinski definition) is 6. The summed E-state index contributed by atoms with van der Waals surface area (Å²) in [6.07, 6.45) is 7.85. The Kier molecular flexibility index (Phi) is 7.27. The van der Waals surface area contributed by atoms with E-state index in [0.717, 1.165) is 36.6 Å². The first-order valence-electron chi connectivity index (χ1n) is 10.1. The van der Waals surface area contributed by atoms with Gasteiger partial charge in [-0.15, -0.1) is 0 Å². The number of fused-ring (bicyclic) bond motifs is 1. The van der Waals surface area contributed by atoms with Crippen molar-refractivity contribution in [3.05, 3.63) is 40.2 Å². The lowest BCUT2D eigenvalue weighted by molar-refractivity contribution is -0.150. The lowest BCUT2D eigenvalue weighted by Gasteiger charge is -2.20. The Hall–Kier alpha value is -2.83. The molecule has 156 valence electrons. The van der Waals surface area contributed by atoms with Crippen LogP contribution < -0.4 is 15.7 Å². The molecule has 1 N–H and O–H groups in total. The fourth-order valence-corrected chi connectivity index (χ4v) is 3.59. The third-order valence-corrected chi connectivity index (χ3v) is 5.11. The molecule has 1 heterocycles. The van der Waals surface area contributed by atoms with E-state index in [0.29, 0.717) is 11.3 Å². The number of nitrogens with one attached hydrogen (secondary N) is 1. The molecule has 0 aliphatic heterocycles. The van der Waals surface area contributed by atoms with Crippen molar-refractivity contribution in [3.8, 4) is 5.75 Å². The van der Waals surface area contributed by atoms with E-state index in [1.54, 1.807) is 18.2 Å². The van der Waals surface area contributed by atoms with Gasteiger partial charge in [0.15, 0.2) is 13.2 Å². The molecule has 29 heavy (non-hydrogen) atoms. The highest BCUT2D eigenvalue weighted by Crippen LogP contribution is 2.22. The number of aryl methyl sites for hydroxylation is 1. The summed E-state index contributed by atoms with van der Waals surface area (Å²) in [5, 5.41) is 3.74. The quantitative estimate of drug-likeness (QED) is 0.590. The fraction of sp³-hybridized carbons (Fsp3) is 0.500. The first-order chi connectivity index (χ1) is 14.0.